The van der Waals surface area contributed by atoms with Gasteiger partial charge in [0.2, 0.25) is 5.91 Å². The van der Waals surface area contributed by atoms with Crippen molar-refractivity contribution in [2.45, 2.75) is 64.5 Å². The smallest absolute Gasteiger partial charge is 0.443 e. The van der Waals surface area contributed by atoms with E-state index in [0.29, 0.717) is 56.6 Å². The molecule has 3 amide bonds. The van der Waals surface area contributed by atoms with Crippen molar-refractivity contribution in [3.63, 3.8) is 0 Å². The van der Waals surface area contributed by atoms with E-state index >= 15 is 0 Å². The van der Waals surface area contributed by atoms with Crippen molar-refractivity contribution in [3.05, 3.63) is 58.8 Å². The van der Waals surface area contributed by atoms with Gasteiger partial charge >= 0.3 is 11.8 Å². The number of nitrogens with two attached hydrogens (primary N) is 1. The molecule has 1 heterocycles. The van der Waals surface area contributed by atoms with Gasteiger partial charge < -0.3 is 25.6 Å². The number of carbonyl (C=O) groups is 4. The third-order valence-electron chi connectivity index (χ3n) is 5.89. The molecule has 0 unspecified atom stereocenters. The summed E-state index contributed by atoms with van der Waals surface area (Å²) in [5, 5.41) is 2.89. The number of unbranched alkanes of at least 4 members (excludes halogenated alkanes) is 3. The zero-order chi connectivity index (χ0) is 27.3. The van der Waals surface area contributed by atoms with E-state index in [9.17, 15) is 24.1 Å². The number of ether oxygens (including phenoxy) is 1. The number of amides is 3. The molecule has 0 aliphatic heterocycles. The van der Waals surface area contributed by atoms with Gasteiger partial charge in [-0.3, -0.25) is 4.79 Å². The second-order valence-electron chi connectivity index (χ2n) is 8.90. The number of aromatic nitrogens is 2. The van der Waals surface area contributed by atoms with Crippen molar-refractivity contribution in [1.29, 1.82) is 0 Å². The lowest BCUT2D eigenvalue weighted by atomic mass is 10.1. The van der Waals surface area contributed by atoms with E-state index < -0.39 is 11.8 Å². The van der Waals surface area contributed by atoms with Gasteiger partial charge in [-0.2, -0.15) is 0 Å². The summed E-state index contributed by atoms with van der Waals surface area (Å²) in [5.74, 6) is -1.14. The molecule has 4 N–H and O–H groups in total. The fourth-order valence-electron chi connectivity index (χ4n) is 3.79. The number of imidazole rings is 1. The molecule has 38 heavy (non-hydrogen) atoms. The highest BCUT2D eigenvalue weighted by atomic mass is 16.5. The van der Waals surface area contributed by atoms with E-state index in [2.05, 4.69) is 15.3 Å². The average Bonchev–Trinajstić information content (AvgIpc) is 3.39. The van der Waals surface area contributed by atoms with Crippen LogP contribution in [0.4, 0.5) is 5.69 Å². The van der Waals surface area contributed by atoms with Gasteiger partial charge in [-0.25, -0.2) is 14.6 Å². The third-order valence-corrected chi connectivity index (χ3v) is 5.89. The van der Waals surface area contributed by atoms with Gasteiger partial charge in [0.1, 0.15) is 28.9 Å². The number of fused-ring (bicyclic) bond motifs is 1. The topological polar surface area (TPSA) is 164 Å². The summed E-state index contributed by atoms with van der Waals surface area (Å²) < 4.78 is 5.75. The van der Waals surface area contributed by atoms with E-state index in [1.54, 1.807) is 18.5 Å². The summed E-state index contributed by atoms with van der Waals surface area (Å²) in [4.78, 5) is 64.3. The average molecular weight is 523 g/mol. The van der Waals surface area contributed by atoms with E-state index in [1.165, 1.54) is 0 Å². The zero-order valence-electron chi connectivity index (χ0n) is 21.1. The second-order valence-corrected chi connectivity index (χ2v) is 8.90. The van der Waals surface area contributed by atoms with Crippen LogP contribution < -0.4 is 15.8 Å². The van der Waals surface area contributed by atoms with Crippen molar-refractivity contribution < 1.29 is 28.7 Å². The van der Waals surface area contributed by atoms with Gasteiger partial charge in [-0.15, -0.1) is 0 Å². The standard InChI is InChI=1S/C27H31N5O6/c28-21-14-22-27(31-18-30-22)23(15-21)38-17-20-11-9-19(10-12-20)16-29-24(34)6-3-1-2-4-7-25(35)32(37)26(36)8-5-13-33/h9-15,18H,1-8,16-17H2,(H3-,28,29,30,31,34,35,36,37)/p+1. The van der Waals surface area contributed by atoms with Gasteiger partial charge in [0.15, 0.2) is 0 Å². The molecule has 0 atom stereocenters. The highest BCUT2D eigenvalue weighted by Gasteiger charge is 2.30. The van der Waals surface area contributed by atoms with Crippen molar-refractivity contribution in [2.75, 3.05) is 5.73 Å². The molecule has 11 heteroatoms. The Morgan fingerprint density at radius 2 is 1.66 bits per heavy atom. The molecule has 1 aromatic heterocycles. The molecule has 0 saturated carbocycles. The maximum atomic E-state index is 12.1. The normalized spacial score (nSPS) is 10.7. The van der Waals surface area contributed by atoms with Gasteiger partial charge in [-0.05, 0) is 30.0 Å². The number of anilines is 1. The van der Waals surface area contributed by atoms with Crippen LogP contribution in [0.5, 0.6) is 5.75 Å². The van der Waals surface area contributed by atoms with E-state index in [-0.39, 0.29) is 29.9 Å². The number of imide groups is 1. The summed E-state index contributed by atoms with van der Waals surface area (Å²) >= 11 is 0. The molecule has 0 bridgehead atoms. The molecule has 0 spiro atoms. The van der Waals surface area contributed by atoms with Gasteiger partial charge in [0.25, 0.3) is 0 Å². The Morgan fingerprint density at radius 1 is 0.974 bits per heavy atom. The number of nitroso groups, excluding NO2 is 1. The van der Waals surface area contributed by atoms with E-state index in [4.69, 9.17) is 10.5 Å². The summed E-state index contributed by atoms with van der Waals surface area (Å²) in [7, 11) is 0. The molecule has 0 aliphatic rings. The van der Waals surface area contributed by atoms with Crippen LogP contribution in [-0.2, 0) is 32.3 Å². The third kappa shape index (κ3) is 8.61. The van der Waals surface area contributed by atoms with Crippen LogP contribution in [0, 0.1) is 4.91 Å². The van der Waals surface area contributed by atoms with Crippen LogP contribution in [0.3, 0.4) is 0 Å². The summed E-state index contributed by atoms with van der Waals surface area (Å²) in [6, 6.07) is 11.3. The maximum absolute atomic E-state index is 12.1. The number of nitrogen functional groups attached to an aromatic ring is 1. The van der Waals surface area contributed by atoms with Crippen LogP contribution in [-0.4, -0.2) is 38.7 Å². The monoisotopic (exact) mass is 522 g/mol. The Morgan fingerprint density at radius 3 is 2.39 bits per heavy atom. The van der Waals surface area contributed by atoms with Crippen LogP contribution in [0.25, 0.3) is 11.0 Å². The molecule has 0 saturated heterocycles. The quantitative estimate of drug-likeness (QED) is 0.118. The Kier molecular flexibility index (Phi) is 10.6. The summed E-state index contributed by atoms with van der Waals surface area (Å²) in [6.45, 7) is 0.766. The number of hydrogen-bond acceptors (Lipinski definition) is 8. The molecule has 200 valence electrons. The Bertz CT molecular complexity index is 1280. The fourth-order valence-corrected chi connectivity index (χ4v) is 3.79. The van der Waals surface area contributed by atoms with E-state index in [0.717, 1.165) is 28.6 Å². The zero-order valence-corrected chi connectivity index (χ0v) is 21.1. The minimum atomic E-state index is -0.893. The lowest BCUT2D eigenvalue weighted by Gasteiger charge is -2.09. The van der Waals surface area contributed by atoms with Gasteiger partial charge in [-0.1, -0.05) is 37.1 Å². The van der Waals surface area contributed by atoms with Crippen molar-refractivity contribution in [2.24, 2.45) is 0 Å². The van der Waals surface area contributed by atoms with Crippen LogP contribution >= 0.6 is 0 Å². The fraction of sp³-hybridized carbons (Fsp3) is 0.370. The molecule has 3 aromatic rings. The summed E-state index contributed by atoms with van der Waals surface area (Å²) in [6.07, 6.45) is 4.63. The van der Waals surface area contributed by atoms with E-state index in [1.807, 2.05) is 24.3 Å². The number of hydrogen-bond donors (Lipinski definition) is 3. The highest BCUT2D eigenvalue weighted by molar-refractivity contribution is 5.85. The van der Waals surface area contributed by atoms with Crippen LogP contribution in [0.15, 0.2) is 42.7 Å². The number of nitrogens with zero attached hydrogens (tertiary/aromatic N) is 2. The van der Waals surface area contributed by atoms with Gasteiger partial charge in [0.05, 0.1) is 24.7 Å². The lowest BCUT2D eigenvalue weighted by Crippen LogP contribution is -2.25. The minimum Gasteiger partial charge on any atom is -0.486 e. The Labute approximate surface area is 219 Å². The predicted octanol–water partition coefficient (Wildman–Crippen LogP) is 3.49. The summed E-state index contributed by atoms with van der Waals surface area (Å²) in [5.41, 5.74) is 9.97. The molecule has 0 aliphatic carbocycles. The van der Waals surface area contributed by atoms with Crippen molar-refractivity contribution in [1.82, 2.24) is 15.3 Å². The lowest BCUT2D eigenvalue weighted by molar-refractivity contribution is -0.401. The van der Waals surface area contributed by atoms with Crippen LogP contribution in [0.1, 0.15) is 62.5 Å². The number of nitrogens with one attached hydrogen (secondary N) is 2. The first-order valence-corrected chi connectivity index (χ1v) is 12.5. The first kappa shape index (κ1) is 28.2. The number of rotatable bonds is 15. The number of H-pyrrole nitrogens is 1. The van der Waals surface area contributed by atoms with Gasteiger partial charge in [0, 0.05) is 36.0 Å². The largest absolute Gasteiger partial charge is 0.486 e. The molecule has 0 fully saturated rings. The number of carbonyl (C=O) groups excluding carboxylic acids is 4. The SMILES string of the molecule is Nc1cc(OCc2ccc(CNC(=O)CCCCCCC(=O)[N+](=O)C(=O)CCC=O)cc2)c2nc[nH]c2c1. The number of benzene rings is 2. The minimum absolute atomic E-state index is 0.0314. The number of aromatic amines is 1. The molecular formula is C27H32N5O6+. The first-order valence-electron chi connectivity index (χ1n) is 12.5. The molecular weight excluding hydrogens is 490 g/mol. The van der Waals surface area contributed by atoms with Crippen molar-refractivity contribution in [3.8, 4) is 5.75 Å². The Balaban J connectivity index is 1.29. The molecule has 2 aromatic carbocycles. The first-order chi connectivity index (χ1) is 18.4. The molecule has 0 radical (unpaired) electrons. The maximum Gasteiger partial charge on any atom is 0.443 e. The Hall–Kier alpha value is -4.41. The van der Waals surface area contributed by atoms with Crippen molar-refractivity contribution >= 4 is 40.7 Å². The second kappa shape index (κ2) is 14.4. The number of aldehydes is 1. The molecule has 11 nitrogen and oxygen atoms in total. The predicted molar refractivity (Wildman–Crippen MR) is 140 cm³/mol. The molecule has 3 rings (SSSR count). The highest BCUT2D eigenvalue weighted by Crippen LogP contribution is 2.27. The van der Waals surface area contributed by atoms with Crippen LogP contribution in [0.2, 0.25) is 0 Å².